The van der Waals surface area contributed by atoms with Gasteiger partial charge in [0.2, 0.25) is 0 Å². The van der Waals surface area contributed by atoms with E-state index < -0.39 is 0 Å². The second-order valence-electron chi connectivity index (χ2n) is 7.94. The molecular formula is C24H34O2. The number of rotatable bonds is 8. The van der Waals surface area contributed by atoms with Gasteiger partial charge in [-0.2, -0.15) is 0 Å². The molecular weight excluding hydrogens is 320 g/mol. The summed E-state index contributed by atoms with van der Waals surface area (Å²) in [5, 5.41) is 0. The Morgan fingerprint density at radius 1 is 0.962 bits per heavy atom. The van der Waals surface area contributed by atoms with Crippen LogP contribution >= 0.6 is 0 Å². The summed E-state index contributed by atoms with van der Waals surface area (Å²) in [6.07, 6.45) is 16.1. The van der Waals surface area contributed by atoms with E-state index in [9.17, 15) is 0 Å². The van der Waals surface area contributed by atoms with E-state index >= 15 is 0 Å². The highest BCUT2D eigenvalue weighted by Gasteiger charge is 2.25. The molecule has 0 radical (unpaired) electrons. The van der Waals surface area contributed by atoms with Gasteiger partial charge in [-0.3, -0.25) is 0 Å². The molecule has 2 saturated carbocycles. The quantitative estimate of drug-likeness (QED) is 0.373. The third-order valence-corrected chi connectivity index (χ3v) is 5.89. The van der Waals surface area contributed by atoms with Crippen LogP contribution in [0.5, 0.6) is 5.75 Å². The van der Waals surface area contributed by atoms with Gasteiger partial charge in [0.05, 0.1) is 6.10 Å². The first-order valence-electron chi connectivity index (χ1n) is 10.5. The highest BCUT2D eigenvalue weighted by Crippen LogP contribution is 2.31. The van der Waals surface area contributed by atoms with E-state index in [0.717, 1.165) is 29.2 Å². The van der Waals surface area contributed by atoms with Gasteiger partial charge in [0, 0.05) is 6.42 Å². The van der Waals surface area contributed by atoms with E-state index in [4.69, 9.17) is 9.47 Å². The lowest BCUT2D eigenvalue weighted by Crippen LogP contribution is -2.31. The van der Waals surface area contributed by atoms with Crippen molar-refractivity contribution in [2.45, 2.75) is 83.0 Å². The van der Waals surface area contributed by atoms with Crippen molar-refractivity contribution in [3.63, 3.8) is 0 Å². The molecule has 1 aromatic rings. The van der Waals surface area contributed by atoms with Crippen LogP contribution in [0.15, 0.2) is 43.5 Å². The Kier molecular flexibility index (Phi) is 7.37. The Morgan fingerprint density at radius 2 is 1.58 bits per heavy atom. The second kappa shape index (κ2) is 9.97. The molecule has 1 atom stereocenters. The maximum absolute atomic E-state index is 6.44. The van der Waals surface area contributed by atoms with E-state index in [-0.39, 0.29) is 6.29 Å². The van der Waals surface area contributed by atoms with E-state index in [1.807, 2.05) is 12.1 Å². The first-order valence-corrected chi connectivity index (χ1v) is 10.5. The van der Waals surface area contributed by atoms with Gasteiger partial charge in [-0.05, 0) is 42.0 Å². The first-order chi connectivity index (χ1) is 12.7. The average Bonchev–Trinajstić information content (AvgIpc) is 2.69. The minimum Gasteiger partial charge on any atom is -0.465 e. The molecule has 26 heavy (non-hydrogen) atoms. The van der Waals surface area contributed by atoms with E-state index in [0.29, 0.717) is 6.10 Å². The summed E-state index contributed by atoms with van der Waals surface area (Å²) in [4.78, 5) is 0. The van der Waals surface area contributed by atoms with Crippen LogP contribution in [0.3, 0.4) is 0 Å². The minimum absolute atomic E-state index is 0.116. The van der Waals surface area contributed by atoms with Crippen LogP contribution in [0.4, 0.5) is 0 Å². The number of allylic oxidation sites excluding steroid dienone is 2. The van der Waals surface area contributed by atoms with Gasteiger partial charge in [-0.1, -0.05) is 82.7 Å². The summed E-state index contributed by atoms with van der Waals surface area (Å²) in [5.41, 5.74) is 2.03. The lowest BCUT2D eigenvalue weighted by molar-refractivity contribution is -0.138. The molecule has 2 aliphatic carbocycles. The van der Waals surface area contributed by atoms with E-state index in [1.165, 1.54) is 64.2 Å². The van der Waals surface area contributed by atoms with Crippen molar-refractivity contribution >= 4 is 5.57 Å². The minimum atomic E-state index is -0.116. The second-order valence-corrected chi connectivity index (χ2v) is 7.94. The monoisotopic (exact) mass is 354 g/mol. The number of ether oxygens (including phenoxy) is 2. The fraction of sp³-hybridized carbons (Fsp3) is 0.583. The smallest absolute Gasteiger partial charge is 0.200 e. The Balaban J connectivity index is 1.63. The van der Waals surface area contributed by atoms with Crippen LogP contribution in [0.25, 0.3) is 5.57 Å². The molecule has 3 rings (SSSR count). The normalized spacial score (nSPS) is 20.5. The highest BCUT2D eigenvalue weighted by atomic mass is 16.7. The molecule has 2 fully saturated rings. The predicted molar refractivity (Wildman–Crippen MR) is 109 cm³/mol. The molecule has 2 aliphatic rings. The average molecular weight is 355 g/mol. The van der Waals surface area contributed by atoms with Crippen molar-refractivity contribution in [2.24, 2.45) is 5.92 Å². The third kappa shape index (κ3) is 5.74. The zero-order chi connectivity index (χ0) is 18.2. The zero-order valence-electron chi connectivity index (χ0n) is 16.1. The fourth-order valence-corrected chi connectivity index (χ4v) is 4.26. The molecule has 1 unspecified atom stereocenters. The molecule has 1 aromatic carbocycles. The Morgan fingerprint density at radius 3 is 2.19 bits per heavy atom. The van der Waals surface area contributed by atoms with E-state index in [1.54, 1.807) is 6.08 Å². The molecule has 142 valence electrons. The van der Waals surface area contributed by atoms with Gasteiger partial charge < -0.3 is 9.47 Å². The molecule has 0 N–H and O–H groups in total. The topological polar surface area (TPSA) is 18.5 Å². The maximum Gasteiger partial charge on any atom is 0.200 e. The van der Waals surface area contributed by atoms with Gasteiger partial charge in [0.25, 0.3) is 0 Å². The summed E-state index contributed by atoms with van der Waals surface area (Å²) in [6, 6.07) is 8.17. The molecule has 0 aromatic heterocycles. The molecule has 0 aliphatic heterocycles. The van der Waals surface area contributed by atoms with Gasteiger partial charge in [0.15, 0.2) is 6.29 Å². The van der Waals surface area contributed by atoms with Gasteiger partial charge in [0.1, 0.15) is 5.75 Å². The van der Waals surface area contributed by atoms with Crippen LogP contribution < -0.4 is 4.74 Å². The van der Waals surface area contributed by atoms with Gasteiger partial charge in [-0.15, -0.1) is 0 Å². The first kappa shape index (κ1) is 19.2. The molecule has 0 amide bonds. The largest absolute Gasteiger partial charge is 0.465 e. The Bertz CT molecular complexity index is 542. The summed E-state index contributed by atoms with van der Waals surface area (Å²) < 4.78 is 12.8. The Labute approximate surface area is 159 Å². The van der Waals surface area contributed by atoms with Gasteiger partial charge in [-0.25, -0.2) is 0 Å². The molecule has 0 saturated heterocycles. The molecule has 0 spiro atoms. The standard InChI is InChI=1S/C24H34O2/c1-3-19(2)21-14-16-23(17-15-21)26-24(18-20-10-6-4-7-11-20)25-22-12-8-5-9-13-22/h3,14-17,20,22,24H,1-2,4-13,18H2. The number of hydrogen-bond donors (Lipinski definition) is 0. The van der Waals surface area contributed by atoms with E-state index in [2.05, 4.69) is 25.3 Å². The van der Waals surface area contributed by atoms with Crippen LogP contribution in [0.2, 0.25) is 0 Å². The molecule has 0 bridgehead atoms. The van der Waals surface area contributed by atoms with Crippen molar-refractivity contribution in [3.05, 3.63) is 49.1 Å². The predicted octanol–water partition coefficient (Wildman–Crippen LogP) is 6.91. The van der Waals surface area contributed by atoms with Gasteiger partial charge >= 0.3 is 0 Å². The molecule has 2 heteroatoms. The van der Waals surface area contributed by atoms with Crippen LogP contribution in [0, 0.1) is 5.92 Å². The Hall–Kier alpha value is -1.54. The van der Waals surface area contributed by atoms with Crippen molar-refractivity contribution < 1.29 is 9.47 Å². The summed E-state index contributed by atoms with van der Waals surface area (Å²) in [5.74, 6) is 1.64. The summed E-state index contributed by atoms with van der Waals surface area (Å²) in [6.45, 7) is 7.79. The number of benzene rings is 1. The van der Waals surface area contributed by atoms with Crippen LogP contribution in [-0.2, 0) is 4.74 Å². The third-order valence-electron chi connectivity index (χ3n) is 5.89. The highest BCUT2D eigenvalue weighted by molar-refractivity contribution is 5.71. The lowest BCUT2D eigenvalue weighted by atomic mass is 9.87. The van der Waals surface area contributed by atoms with Crippen LogP contribution in [-0.4, -0.2) is 12.4 Å². The van der Waals surface area contributed by atoms with Crippen molar-refractivity contribution in [3.8, 4) is 5.75 Å². The van der Waals surface area contributed by atoms with Crippen molar-refractivity contribution in [1.29, 1.82) is 0 Å². The number of hydrogen-bond acceptors (Lipinski definition) is 2. The van der Waals surface area contributed by atoms with Crippen LogP contribution in [0.1, 0.15) is 76.2 Å². The summed E-state index contributed by atoms with van der Waals surface area (Å²) in [7, 11) is 0. The lowest BCUT2D eigenvalue weighted by Gasteiger charge is -2.31. The maximum atomic E-state index is 6.44. The molecule has 0 heterocycles. The SMILES string of the molecule is C=CC(=C)c1ccc(OC(CC2CCCCC2)OC2CCCCC2)cc1. The van der Waals surface area contributed by atoms with Crippen molar-refractivity contribution in [2.75, 3.05) is 0 Å². The zero-order valence-corrected chi connectivity index (χ0v) is 16.1. The molecule has 2 nitrogen and oxygen atoms in total. The van der Waals surface area contributed by atoms with Crippen molar-refractivity contribution in [1.82, 2.24) is 0 Å². The summed E-state index contributed by atoms with van der Waals surface area (Å²) >= 11 is 0. The fourth-order valence-electron chi connectivity index (χ4n) is 4.26.